The van der Waals surface area contributed by atoms with E-state index in [2.05, 4.69) is 61.5 Å². The molecule has 4 aliphatic carbocycles. The van der Waals surface area contributed by atoms with Gasteiger partial charge in [0.25, 0.3) is 0 Å². The average Bonchev–Trinajstić information content (AvgIpc) is 2.93. The molecule has 2 heterocycles. The lowest BCUT2D eigenvalue weighted by Gasteiger charge is -2.71. The molecule has 0 aromatic rings. The summed E-state index contributed by atoms with van der Waals surface area (Å²) in [6, 6.07) is 0. The molecule has 2 saturated heterocycles. The normalized spacial score (nSPS) is 49.7. The minimum absolute atomic E-state index is 0.0172. The molecule has 0 unspecified atom stereocenters. The first kappa shape index (κ1) is 32.0. The van der Waals surface area contributed by atoms with E-state index in [1.54, 1.807) is 5.57 Å². The Hall–Kier alpha value is -0.950. The molecule has 0 aromatic heterocycles. The largest absolute Gasteiger partial charge is 0.481 e. The molecule has 0 radical (unpaired) electrons. The Labute approximate surface area is 261 Å². The predicted molar refractivity (Wildman–Crippen MR) is 169 cm³/mol. The van der Waals surface area contributed by atoms with Crippen LogP contribution in [0, 0.1) is 62.6 Å². The molecular weight excluding hydrogens is 538 g/mol. The van der Waals surface area contributed by atoms with Crippen molar-refractivity contribution in [1.82, 2.24) is 0 Å². The number of hydrogen-bond acceptors (Lipinski definition) is 5. The third kappa shape index (κ3) is 4.42. The first-order valence-corrected chi connectivity index (χ1v) is 17.6. The monoisotopic (exact) mass is 599 g/mol. The SMILES string of the molecule is CC(C)[C@@H](C)[C@@]1(C)CC[C@]2(C)[C@H]3CC[C@@H]4[C@@]5(COC[C@@]4(C)[C@@H](OCC4(N)CCOCC4)[C@H](C)C5)C3=CC[C@@]2(C)[C@@H]1C(=O)O. The lowest BCUT2D eigenvalue weighted by molar-refractivity contribution is -0.253. The van der Waals surface area contributed by atoms with Gasteiger partial charge in [-0.1, -0.05) is 67.0 Å². The maximum atomic E-state index is 13.3. The van der Waals surface area contributed by atoms with Crippen LogP contribution in [0.25, 0.3) is 0 Å². The topological polar surface area (TPSA) is 91.0 Å². The number of allylic oxidation sites excluding steroid dienone is 1. The number of carboxylic acid groups (broad SMARTS) is 1. The van der Waals surface area contributed by atoms with Crippen molar-refractivity contribution in [2.75, 3.05) is 33.0 Å². The summed E-state index contributed by atoms with van der Waals surface area (Å²) < 4.78 is 19.1. The first-order valence-electron chi connectivity index (χ1n) is 17.6. The van der Waals surface area contributed by atoms with Crippen LogP contribution in [0.4, 0.5) is 0 Å². The molecule has 43 heavy (non-hydrogen) atoms. The molecule has 6 aliphatic rings. The van der Waals surface area contributed by atoms with Crippen molar-refractivity contribution < 1.29 is 24.1 Å². The fourth-order valence-electron chi connectivity index (χ4n) is 12.6. The smallest absolute Gasteiger partial charge is 0.307 e. The molecule has 3 saturated carbocycles. The minimum atomic E-state index is -0.589. The number of fused-ring (bicyclic) bond motifs is 3. The standard InChI is InChI=1S/C37H61NO5/c1-23(2)25(4)32(5)13-14-34(7)26-9-10-28-33(6)20-42-22-37(28,27(26)11-12-35(34,8)29(32)31(39)40)19-24(3)30(33)43-21-36(38)15-17-41-18-16-36/h11,23-26,28-30H,9-10,12-22,38H2,1-8H3,(H,39,40)/t24-,25-,26+,28+,29-,30+,32-,33-,34-,35+,37+/m1/s1. The summed E-state index contributed by atoms with van der Waals surface area (Å²) in [6.07, 6.45) is 10.7. The zero-order valence-corrected chi connectivity index (χ0v) is 28.5. The molecule has 6 heteroatoms. The molecule has 11 atom stereocenters. The zero-order valence-electron chi connectivity index (χ0n) is 28.5. The maximum Gasteiger partial charge on any atom is 0.307 e. The van der Waals surface area contributed by atoms with Crippen LogP contribution in [0.2, 0.25) is 0 Å². The molecule has 0 spiro atoms. The Morgan fingerprint density at radius 3 is 2.37 bits per heavy atom. The molecule has 6 nitrogen and oxygen atoms in total. The quantitative estimate of drug-likeness (QED) is 0.317. The number of carboxylic acids is 1. The van der Waals surface area contributed by atoms with Crippen molar-refractivity contribution in [3.05, 3.63) is 11.6 Å². The van der Waals surface area contributed by atoms with Crippen molar-refractivity contribution >= 4 is 5.97 Å². The van der Waals surface area contributed by atoms with Crippen LogP contribution in [-0.2, 0) is 19.0 Å². The van der Waals surface area contributed by atoms with E-state index in [1.807, 2.05) is 0 Å². The van der Waals surface area contributed by atoms with E-state index in [9.17, 15) is 9.90 Å². The van der Waals surface area contributed by atoms with Gasteiger partial charge >= 0.3 is 5.97 Å². The predicted octanol–water partition coefficient (Wildman–Crippen LogP) is 7.10. The van der Waals surface area contributed by atoms with Gasteiger partial charge in [-0.2, -0.15) is 0 Å². The fraction of sp³-hybridized carbons (Fsp3) is 0.919. The summed E-state index contributed by atoms with van der Waals surface area (Å²) in [4.78, 5) is 13.3. The summed E-state index contributed by atoms with van der Waals surface area (Å²) in [7, 11) is 0. The summed E-state index contributed by atoms with van der Waals surface area (Å²) in [5, 5.41) is 10.9. The van der Waals surface area contributed by atoms with Gasteiger partial charge < -0.3 is 25.1 Å². The molecule has 0 amide bonds. The van der Waals surface area contributed by atoms with Crippen molar-refractivity contribution in [3.8, 4) is 0 Å². The Morgan fingerprint density at radius 1 is 1.02 bits per heavy atom. The van der Waals surface area contributed by atoms with Crippen molar-refractivity contribution in [2.24, 2.45) is 68.3 Å². The van der Waals surface area contributed by atoms with Crippen LogP contribution >= 0.6 is 0 Å². The molecule has 244 valence electrons. The van der Waals surface area contributed by atoms with Gasteiger partial charge in [0.15, 0.2) is 0 Å². The van der Waals surface area contributed by atoms with E-state index in [-0.39, 0.29) is 44.6 Å². The van der Waals surface area contributed by atoms with Crippen LogP contribution in [0.1, 0.15) is 107 Å². The van der Waals surface area contributed by atoms with E-state index >= 15 is 0 Å². The number of ether oxygens (including phenoxy) is 3. The average molecular weight is 600 g/mol. The molecule has 0 aromatic carbocycles. The zero-order chi connectivity index (χ0) is 31.2. The lowest BCUT2D eigenvalue weighted by Crippen LogP contribution is -2.69. The number of hydrogen-bond donors (Lipinski definition) is 2. The first-order chi connectivity index (χ1) is 20.1. The summed E-state index contributed by atoms with van der Waals surface area (Å²) >= 11 is 0. The highest BCUT2D eigenvalue weighted by Crippen LogP contribution is 2.75. The highest BCUT2D eigenvalue weighted by molar-refractivity contribution is 5.73. The van der Waals surface area contributed by atoms with Gasteiger partial charge in [0, 0.05) is 29.6 Å². The lowest BCUT2D eigenvalue weighted by atomic mass is 9.34. The summed E-state index contributed by atoms with van der Waals surface area (Å²) in [5.74, 6) is 1.20. The Bertz CT molecular complexity index is 1130. The number of aliphatic carboxylic acids is 1. The van der Waals surface area contributed by atoms with Crippen LogP contribution in [0.15, 0.2) is 11.6 Å². The van der Waals surface area contributed by atoms with Crippen LogP contribution in [0.3, 0.4) is 0 Å². The Morgan fingerprint density at radius 2 is 1.72 bits per heavy atom. The second kappa shape index (κ2) is 10.5. The molecular formula is C37H61NO5. The fourth-order valence-corrected chi connectivity index (χ4v) is 12.6. The van der Waals surface area contributed by atoms with E-state index < -0.39 is 5.97 Å². The maximum absolute atomic E-state index is 13.3. The van der Waals surface area contributed by atoms with Crippen LogP contribution in [0.5, 0.6) is 0 Å². The van der Waals surface area contributed by atoms with E-state index in [0.29, 0.717) is 36.2 Å². The molecule has 2 bridgehead atoms. The van der Waals surface area contributed by atoms with Gasteiger partial charge in [-0.3, -0.25) is 4.79 Å². The second-order valence-electron chi connectivity index (χ2n) is 17.7. The van der Waals surface area contributed by atoms with Crippen LogP contribution in [-0.4, -0.2) is 55.8 Å². The van der Waals surface area contributed by atoms with Crippen molar-refractivity contribution in [2.45, 2.75) is 118 Å². The van der Waals surface area contributed by atoms with Crippen LogP contribution < -0.4 is 5.73 Å². The molecule has 5 fully saturated rings. The van der Waals surface area contributed by atoms with Crippen molar-refractivity contribution in [3.63, 3.8) is 0 Å². The van der Waals surface area contributed by atoms with Gasteiger partial charge in [-0.15, -0.1) is 0 Å². The second-order valence-corrected chi connectivity index (χ2v) is 17.7. The molecule has 2 aliphatic heterocycles. The van der Waals surface area contributed by atoms with E-state index in [0.717, 1.165) is 71.4 Å². The van der Waals surface area contributed by atoms with Gasteiger partial charge in [0.05, 0.1) is 31.8 Å². The minimum Gasteiger partial charge on any atom is -0.481 e. The molecule has 3 N–H and O–H groups in total. The van der Waals surface area contributed by atoms with E-state index in [4.69, 9.17) is 19.9 Å². The summed E-state index contributed by atoms with van der Waals surface area (Å²) in [5.41, 5.74) is 7.53. The van der Waals surface area contributed by atoms with Gasteiger partial charge in [0.2, 0.25) is 0 Å². The highest BCUT2D eigenvalue weighted by Gasteiger charge is 2.71. The third-order valence-corrected chi connectivity index (χ3v) is 15.4. The highest BCUT2D eigenvalue weighted by atomic mass is 16.5. The summed E-state index contributed by atoms with van der Waals surface area (Å²) in [6.45, 7) is 22.4. The number of carbonyl (C=O) groups is 1. The number of nitrogens with two attached hydrogens (primary N) is 1. The van der Waals surface area contributed by atoms with Gasteiger partial charge in [0.1, 0.15) is 0 Å². The van der Waals surface area contributed by atoms with Gasteiger partial charge in [-0.05, 0) is 97.2 Å². The third-order valence-electron chi connectivity index (χ3n) is 15.4. The number of rotatable bonds is 6. The van der Waals surface area contributed by atoms with E-state index in [1.165, 1.54) is 6.42 Å². The molecule has 6 rings (SSSR count). The van der Waals surface area contributed by atoms with Crippen molar-refractivity contribution in [1.29, 1.82) is 0 Å². The Kier molecular flexibility index (Phi) is 7.84. The van der Waals surface area contributed by atoms with Gasteiger partial charge in [-0.25, -0.2) is 0 Å². The Balaban J connectivity index is 1.34.